The molecule has 0 spiro atoms. The van der Waals surface area contributed by atoms with Gasteiger partial charge in [-0.2, -0.15) is 0 Å². The molecule has 2 rings (SSSR count). The molecule has 1 aromatic carbocycles. The molecule has 1 amide bonds. The first-order valence-electron chi connectivity index (χ1n) is 4.32. The van der Waals surface area contributed by atoms with Gasteiger partial charge in [-0.25, -0.2) is 17.1 Å². The average molecular weight is 229 g/mol. The Kier molecular flexibility index (Phi) is 2.22. The number of benzene rings is 1. The average Bonchev–Trinajstić information content (AvgIpc) is 2.40. The monoisotopic (exact) mass is 229 g/mol. The van der Waals surface area contributed by atoms with Gasteiger partial charge in [-0.15, -0.1) is 0 Å². The zero-order valence-corrected chi connectivity index (χ0v) is 8.50. The van der Waals surface area contributed by atoms with Crippen LogP contribution in [-0.2, 0) is 14.8 Å². The summed E-state index contributed by atoms with van der Waals surface area (Å²) >= 11 is 0. The van der Waals surface area contributed by atoms with Gasteiger partial charge in [0.25, 0.3) is 0 Å². The highest BCUT2D eigenvalue weighted by Crippen LogP contribution is 2.25. The third-order valence-corrected chi connectivity index (χ3v) is 3.81. The van der Waals surface area contributed by atoms with Crippen molar-refractivity contribution in [1.29, 1.82) is 0 Å². The summed E-state index contributed by atoms with van der Waals surface area (Å²) in [6.45, 7) is 0. The van der Waals surface area contributed by atoms with Crippen molar-refractivity contribution in [3.8, 4) is 0 Å². The molecule has 1 saturated heterocycles. The minimum atomic E-state index is -3.59. The second kappa shape index (κ2) is 3.30. The first kappa shape index (κ1) is 10.1. The third kappa shape index (κ3) is 1.72. The Morgan fingerprint density at radius 3 is 2.60 bits per heavy atom. The van der Waals surface area contributed by atoms with Gasteiger partial charge in [0, 0.05) is 6.42 Å². The molecule has 6 heteroatoms. The Balaban J connectivity index is 2.51. The summed E-state index contributed by atoms with van der Waals surface area (Å²) in [6, 6.07) is 4.98. The van der Waals surface area contributed by atoms with Gasteiger partial charge in [0.2, 0.25) is 15.9 Å². The van der Waals surface area contributed by atoms with E-state index in [4.69, 9.17) is 0 Å². The fraction of sp³-hybridized carbons (Fsp3) is 0.222. The Morgan fingerprint density at radius 1 is 1.33 bits per heavy atom. The molecule has 0 aliphatic carbocycles. The van der Waals surface area contributed by atoms with E-state index in [1.807, 2.05) is 0 Å². The Morgan fingerprint density at radius 2 is 2.07 bits per heavy atom. The summed E-state index contributed by atoms with van der Waals surface area (Å²) in [5.41, 5.74) is 0.0671. The molecule has 0 saturated carbocycles. The molecule has 1 aliphatic heterocycles. The normalized spacial score (nSPS) is 19.5. The standard InChI is InChI=1S/C9H8FNO3S/c10-7-2-1-3-8(6-7)11-9(12)4-5-15(11,13)14/h1-3,6H,4-5H2. The topological polar surface area (TPSA) is 54.5 Å². The van der Waals surface area contributed by atoms with Crippen molar-refractivity contribution in [3.05, 3.63) is 30.1 Å². The molecular weight excluding hydrogens is 221 g/mol. The summed E-state index contributed by atoms with van der Waals surface area (Å²) in [6.07, 6.45) is -0.0428. The maximum atomic E-state index is 12.9. The molecule has 1 aromatic rings. The van der Waals surface area contributed by atoms with Crippen LogP contribution in [0.1, 0.15) is 6.42 Å². The van der Waals surface area contributed by atoms with Gasteiger partial charge in [0.1, 0.15) is 5.82 Å². The second-order valence-electron chi connectivity index (χ2n) is 3.20. The number of carbonyl (C=O) groups excluding carboxylic acids is 1. The van der Waals surface area contributed by atoms with Gasteiger partial charge in [0.05, 0.1) is 11.4 Å². The van der Waals surface area contributed by atoms with Crippen LogP contribution in [0.25, 0.3) is 0 Å². The van der Waals surface area contributed by atoms with Crippen LogP contribution in [0.15, 0.2) is 24.3 Å². The van der Waals surface area contributed by atoms with Crippen molar-refractivity contribution in [1.82, 2.24) is 0 Å². The van der Waals surface area contributed by atoms with E-state index in [2.05, 4.69) is 0 Å². The molecule has 15 heavy (non-hydrogen) atoms. The largest absolute Gasteiger partial charge is 0.273 e. The van der Waals surface area contributed by atoms with Gasteiger partial charge in [-0.05, 0) is 18.2 Å². The van der Waals surface area contributed by atoms with Crippen LogP contribution < -0.4 is 4.31 Å². The molecule has 0 bridgehead atoms. The summed E-state index contributed by atoms with van der Waals surface area (Å²) in [4.78, 5) is 11.3. The van der Waals surface area contributed by atoms with Crippen molar-refractivity contribution >= 4 is 21.6 Å². The molecule has 0 N–H and O–H groups in total. The van der Waals surface area contributed by atoms with Crippen molar-refractivity contribution in [2.45, 2.75) is 6.42 Å². The minimum Gasteiger partial charge on any atom is -0.273 e. The van der Waals surface area contributed by atoms with E-state index in [0.717, 1.165) is 6.07 Å². The van der Waals surface area contributed by atoms with E-state index < -0.39 is 21.7 Å². The van der Waals surface area contributed by atoms with E-state index in [0.29, 0.717) is 4.31 Å². The molecule has 1 aliphatic rings. The lowest BCUT2D eigenvalue weighted by Crippen LogP contribution is -2.29. The molecule has 4 nitrogen and oxygen atoms in total. The number of amides is 1. The maximum Gasteiger partial charge on any atom is 0.242 e. The molecule has 0 unspecified atom stereocenters. The van der Waals surface area contributed by atoms with Crippen LogP contribution >= 0.6 is 0 Å². The molecule has 1 fully saturated rings. The number of rotatable bonds is 1. The summed E-state index contributed by atoms with van der Waals surface area (Å²) < 4.78 is 36.5. The van der Waals surface area contributed by atoms with Gasteiger partial charge in [-0.3, -0.25) is 4.79 Å². The van der Waals surface area contributed by atoms with E-state index in [9.17, 15) is 17.6 Å². The van der Waals surface area contributed by atoms with Crippen molar-refractivity contribution in [3.63, 3.8) is 0 Å². The van der Waals surface area contributed by atoms with Crippen LogP contribution in [0.2, 0.25) is 0 Å². The molecular formula is C9H8FNO3S. The number of hydrogen-bond donors (Lipinski definition) is 0. The van der Waals surface area contributed by atoms with Crippen LogP contribution in [0, 0.1) is 5.82 Å². The number of sulfonamides is 1. The first-order chi connectivity index (χ1) is 7.00. The van der Waals surface area contributed by atoms with Crippen molar-refractivity contribution in [2.75, 3.05) is 10.1 Å². The van der Waals surface area contributed by atoms with Gasteiger partial charge < -0.3 is 0 Å². The highest BCUT2D eigenvalue weighted by molar-refractivity contribution is 7.94. The Labute approximate surface area is 86.4 Å². The molecule has 1 heterocycles. The zero-order valence-electron chi connectivity index (χ0n) is 7.68. The van der Waals surface area contributed by atoms with Crippen molar-refractivity contribution < 1.29 is 17.6 Å². The summed E-state index contributed by atoms with van der Waals surface area (Å²) in [5, 5.41) is 0. The number of carbonyl (C=O) groups is 1. The van der Waals surface area contributed by atoms with E-state index >= 15 is 0 Å². The summed E-state index contributed by atoms with van der Waals surface area (Å²) in [7, 11) is -3.59. The number of halogens is 1. The van der Waals surface area contributed by atoms with Crippen LogP contribution in [-0.4, -0.2) is 20.1 Å². The highest BCUT2D eigenvalue weighted by atomic mass is 32.2. The summed E-state index contributed by atoms with van der Waals surface area (Å²) in [5.74, 6) is -1.29. The van der Waals surface area contributed by atoms with Crippen molar-refractivity contribution in [2.24, 2.45) is 0 Å². The fourth-order valence-corrected chi connectivity index (χ4v) is 2.92. The number of anilines is 1. The van der Waals surface area contributed by atoms with E-state index in [1.54, 1.807) is 0 Å². The first-order valence-corrected chi connectivity index (χ1v) is 5.93. The highest BCUT2D eigenvalue weighted by Gasteiger charge is 2.36. The minimum absolute atomic E-state index is 0.0428. The quantitative estimate of drug-likeness (QED) is 0.718. The molecule has 0 atom stereocenters. The van der Waals surface area contributed by atoms with Gasteiger partial charge >= 0.3 is 0 Å². The van der Waals surface area contributed by atoms with Crippen LogP contribution in [0.4, 0.5) is 10.1 Å². The lowest BCUT2D eigenvalue weighted by molar-refractivity contribution is -0.116. The fourth-order valence-electron chi connectivity index (χ4n) is 1.47. The number of nitrogens with zero attached hydrogens (tertiary/aromatic N) is 1. The molecule has 0 aromatic heterocycles. The lowest BCUT2D eigenvalue weighted by atomic mass is 10.3. The smallest absolute Gasteiger partial charge is 0.242 e. The van der Waals surface area contributed by atoms with Crippen LogP contribution in [0.5, 0.6) is 0 Å². The predicted molar refractivity (Wildman–Crippen MR) is 52.3 cm³/mol. The SMILES string of the molecule is O=C1CCS(=O)(=O)N1c1cccc(F)c1. The van der Waals surface area contributed by atoms with E-state index in [1.165, 1.54) is 18.2 Å². The Bertz CT molecular complexity index is 512. The Hall–Kier alpha value is -1.43. The predicted octanol–water partition coefficient (Wildman–Crippen LogP) is 0.892. The molecule has 80 valence electrons. The lowest BCUT2D eigenvalue weighted by Gasteiger charge is -2.14. The zero-order chi connectivity index (χ0) is 11.1. The maximum absolute atomic E-state index is 12.9. The number of hydrogen-bond acceptors (Lipinski definition) is 3. The third-order valence-electron chi connectivity index (χ3n) is 2.12. The van der Waals surface area contributed by atoms with Gasteiger partial charge in [-0.1, -0.05) is 6.07 Å². The van der Waals surface area contributed by atoms with E-state index in [-0.39, 0.29) is 17.9 Å². The second-order valence-corrected chi connectivity index (χ2v) is 5.14. The van der Waals surface area contributed by atoms with Crippen LogP contribution in [0.3, 0.4) is 0 Å². The van der Waals surface area contributed by atoms with Gasteiger partial charge in [0.15, 0.2) is 0 Å². The molecule has 0 radical (unpaired) electrons.